The Hall–Kier alpha value is -7.86. The number of Topliss-reactive ketones (excluding diaryl/α,β-unsaturated/α-hetero) is 2. The normalized spacial score (nSPS) is 30.8. The molecule has 2 aliphatic heterocycles. The summed E-state index contributed by atoms with van der Waals surface area (Å²) in [5.74, 6) is 10.7. The van der Waals surface area contributed by atoms with E-state index in [4.69, 9.17) is 4.74 Å². The van der Waals surface area contributed by atoms with Crippen molar-refractivity contribution in [3.63, 3.8) is 0 Å². The second kappa shape index (κ2) is 30.0. The Morgan fingerprint density at radius 1 is 0.730 bits per heavy atom. The van der Waals surface area contributed by atoms with Gasteiger partial charge in [-0.3, -0.25) is 9.59 Å². The molecule has 12 N–H and O–H groups in total. The zero-order chi connectivity index (χ0) is 69.3. The Bertz CT molecular complexity index is 4170. The number of benzene rings is 5. The lowest BCUT2D eigenvalue weighted by molar-refractivity contribution is -0.142. The lowest BCUT2D eigenvalue weighted by Gasteiger charge is -2.42. The number of anilines is 1. The lowest BCUT2D eigenvalue weighted by atomic mass is 9.63. The van der Waals surface area contributed by atoms with Gasteiger partial charge >= 0.3 is 0 Å². The highest BCUT2D eigenvalue weighted by Gasteiger charge is 2.49. The number of carbonyl (C=O) groups excluding carboxylic acids is 2. The van der Waals surface area contributed by atoms with Crippen LogP contribution in [0.15, 0.2) is 127 Å². The number of dihydropyridines is 1. The van der Waals surface area contributed by atoms with Crippen molar-refractivity contribution in [2.45, 2.75) is 178 Å². The summed E-state index contributed by atoms with van der Waals surface area (Å²) in [6.45, 7) is 3.49. The molecule has 6 aromatic rings. The molecule has 526 valence electrons. The number of allylic oxidation sites excluding steroid dienone is 2. The maximum absolute atomic E-state index is 16.0. The molecule has 0 amide bonds. The maximum Gasteiger partial charge on any atom is 0.173 e. The van der Waals surface area contributed by atoms with Crippen LogP contribution in [0, 0.1) is 88.3 Å². The van der Waals surface area contributed by atoms with E-state index < -0.39 is 59.8 Å². The Kier molecular flexibility index (Phi) is 20.8. The first kappa shape index (κ1) is 69.2. The number of H-pyrrole nitrogens is 1. The van der Waals surface area contributed by atoms with Gasteiger partial charge in [0, 0.05) is 92.0 Å². The van der Waals surface area contributed by atoms with E-state index in [-0.39, 0.29) is 101 Å². The molecule has 6 aliphatic carbocycles. The molecule has 3 heterocycles. The number of rotatable bonds is 7. The number of aliphatic hydroxyl groups is 5. The number of hydrogen-bond donors (Lipinski definition) is 12. The van der Waals surface area contributed by atoms with Gasteiger partial charge in [0.25, 0.3) is 0 Å². The highest BCUT2D eigenvalue weighted by Crippen LogP contribution is 2.57. The first-order chi connectivity index (χ1) is 48.5. The van der Waals surface area contributed by atoms with Crippen LogP contribution in [0.5, 0.6) is 23.0 Å². The predicted octanol–water partition coefficient (Wildman–Crippen LogP) is 12.3. The van der Waals surface area contributed by atoms with Crippen LogP contribution < -0.4 is 20.7 Å². The summed E-state index contributed by atoms with van der Waals surface area (Å²) in [6, 6.07) is 30.6. The fraction of sp³-hybridized carbons (Fsp3) is 0.506. The van der Waals surface area contributed by atoms with Crippen molar-refractivity contribution in [2.24, 2.45) is 64.6 Å². The van der Waals surface area contributed by atoms with E-state index in [1.165, 1.54) is 45.6 Å². The van der Waals surface area contributed by atoms with Crippen molar-refractivity contribution < 1.29 is 55.2 Å². The summed E-state index contributed by atoms with van der Waals surface area (Å²) in [7, 11) is 1.48. The number of aliphatic hydroxyl groups excluding tert-OH is 4. The van der Waals surface area contributed by atoms with E-state index in [1.807, 2.05) is 60.8 Å². The van der Waals surface area contributed by atoms with Gasteiger partial charge in [0.2, 0.25) is 0 Å². The maximum atomic E-state index is 16.0. The Morgan fingerprint density at radius 2 is 1.55 bits per heavy atom. The zero-order valence-electron chi connectivity index (χ0n) is 57.9. The van der Waals surface area contributed by atoms with Crippen LogP contribution in [0.25, 0.3) is 10.8 Å². The number of aryl methyl sites for hydroxylation is 1. The third-order valence-corrected chi connectivity index (χ3v) is 25.2. The summed E-state index contributed by atoms with van der Waals surface area (Å²) >= 11 is 0. The van der Waals surface area contributed by atoms with E-state index in [9.17, 15) is 45.6 Å². The van der Waals surface area contributed by atoms with Gasteiger partial charge in [0.15, 0.2) is 35.5 Å². The third-order valence-electron chi connectivity index (χ3n) is 25.2. The van der Waals surface area contributed by atoms with E-state index in [0.29, 0.717) is 92.6 Å². The predicted molar refractivity (Wildman–Crippen MR) is 387 cm³/mol. The van der Waals surface area contributed by atoms with Crippen molar-refractivity contribution >= 4 is 28.0 Å². The minimum Gasteiger partial charge on any atom is -0.508 e. The van der Waals surface area contributed by atoms with Crippen LogP contribution in [0.2, 0.25) is 0 Å². The van der Waals surface area contributed by atoms with E-state index in [0.717, 1.165) is 69.7 Å². The van der Waals surface area contributed by atoms with Gasteiger partial charge < -0.3 is 66.5 Å². The monoisotopic (exact) mass is 1350 g/mol. The van der Waals surface area contributed by atoms with Crippen LogP contribution >= 0.6 is 0 Å². The number of carbonyl (C=O) groups is 2. The third kappa shape index (κ3) is 14.6. The second-order valence-corrected chi connectivity index (χ2v) is 31.1. The largest absolute Gasteiger partial charge is 0.508 e. The molecular weight excluding hydrogens is 1250 g/mol. The van der Waals surface area contributed by atoms with Crippen molar-refractivity contribution in [2.75, 3.05) is 32.1 Å². The second-order valence-electron chi connectivity index (χ2n) is 31.1. The molecule has 13 bridgehead atoms. The Labute approximate surface area is 588 Å². The Morgan fingerprint density at radius 3 is 2.37 bits per heavy atom. The standard InChI is InChI=1S/C85H100N4O11/c1-49-46-86-48-65(91)38-56-18-17-51-19-23-62(43-74(51)81(56)95)89-80-42-55(27-31-87-80)66-16-8-11-52-34-58(40-75(84(98)99)71(52)33-50-10-7-13-64(90)32-50)67-14-3-4-15-69(67)70-24-20-53-35-57(66)36-59(39-73(53)82(96)83(97)76(92)26-21-54-41-79(100-2)78(94)45-72(54)70)68(77(93)44-63-37-60(49)47-88-63)25-22-61-12-9-30-85(61)28-5-6-29-85/h3-4,7,10,13-15,17-19,23,27,32,37,41-43,45,47,49,52-53,57-59,61,65-66,68,70-71,73,75,77,83-84,86-91,93-95,97-99H,5-6,9,12,16,21-22,25-26,28-31,33-36,38-40,44,46,48H2,1-2H3/t49-,52+,53+,57+,58+,59+,61+,65-,66+,68-,70+,71+,73-,75+,77-,83-/m1/s1. The minimum atomic E-state index is -1.94. The van der Waals surface area contributed by atoms with Gasteiger partial charge in [0.1, 0.15) is 17.3 Å². The SMILES string of the molecule is COc1cc2c(cc1O)[C@H]1C#C[C@H]3C[C@H]4C[C@@H](C[C@H]3C(=O)[C@H](O)C(=O)CC2)[C@@H](CC[C@@H]2CCCC23CCCC3)[C@H](O)Cc2cc(c[nH]2)[C@H](C)CNC[C@H](O)Cc2ccc3ccc(cc3c2O)NC2=CC(=CCN2)[C@@H]4CC#C[C@H]2C[C@@H](C[C@H](C(O)O)[C@H]2Cc2cccc(O)c2)c2ccccc21. The molecule has 4 fully saturated rings. The molecule has 16 atom stereocenters. The molecule has 8 aliphatic rings. The number of methoxy groups -OCH3 is 1. The number of β-amino-alcohol motifs (C(OH)–C–C–N with tert-alkyl or cyclic N) is 1. The number of phenolic OH excluding ortho intramolecular Hbond substituents is 3. The summed E-state index contributed by atoms with van der Waals surface area (Å²) in [6.07, 6.45) is 14.7. The van der Waals surface area contributed by atoms with Crippen molar-refractivity contribution in [3.8, 4) is 46.7 Å². The summed E-state index contributed by atoms with van der Waals surface area (Å²) in [5.41, 5.74) is 8.59. The van der Waals surface area contributed by atoms with E-state index in [1.54, 1.807) is 24.3 Å². The fourth-order valence-electron chi connectivity index (χ4n) is 20.0. The highest BCUT2D eigenvalue weighted by atomic mass is 16.5. The van der Waals surface area contributed by atoms with Gasteiger partial charge in [-0.05, 0) is 235 Å². The number of fused-ring (bicyclic) bond motifs is 15. The van der Waals surface area contributed by atoms with Gasteiger partial charge in [-0.15, -0.1) is 5.92 Å². The number of ether oxygens (including phenoxy) is 1. The molecule has 100 heavy (non-hydrogen) atoms. The summed E-state index contributed by atoms with van der Waals surface area (Å²) in [5, 5.41) is 108. The van der Waals surface area contributed by atoms with Crippen LogP contribution in [0.4, 0.5) is 5.69 Å². The van der Waals surface area contributed by atoms with Crippen molar-refractivity contribution in [1.29, 1.82) is 0 Å². The average molecular weight is 1350 g/mol. The Balaban J connectivity index is 0.977. The highest BCUT2D eigenvalue weighted by molar-refractivity contribution is 6.06. The topological polar surface area (TPSA) is 257 Å². The molecule has 5 aromatic carbocycles. The first-order valence-electron chi connectivity index (χ1n) is 37.2. The number of phenols is 3. The zero-order valence-corrected chi connectivity index (χ0v) is 57.9. The van der Waals surface area contributed by atoms with Gasteiger partial charge in [-0.25, -0.2) is 0 Å². The molecule has 0 unspecified atom stereocenters. The molecule has 14 rings (SSSR count). The fourth-order valence-corrected chi connectivity index (χ4v) is 20.0. The van der Waals surface area contributed by atoms with E-state index in [2.05, 4.69) is 81.9 Å². The molecule has 0 radical (unpaired) electrons. The molecule has 15 nitrogen and oxygen atoms in total. The average Bonchev–Trinajstić information content (AvgIpc) is 1.09. The first-order valence-corrected chi connectivity index (χ1v) is 37.2. The molecular formula is C85H100N4O11. The van der Waals surface area contributed by atoms with Gasteiger partial charge in [0.05, 0.1) is 25.2 Å². The molecule has 4 saturated carbocycles. The van der Waals surface area contributed by atoms with Crippen LogP contribution in [0.3, 0.4) is 0 Å². The number of aromatic nitrogens is 1. The smallest absolute Gasteiger partial charge is 0.173 e. The molecule has 1 aromatic heterocycles. The number of nitrogens with one attached hydrogen (secondary N) is 4. The molecule has 15 heteroatoms. The number of aromatic amines is 1. The van der Waals surface area contributed by atoms with E-state index >= 15 is 4.79 Å². The van der Waals surface area contributed by atoms with Crippen LogP contribution in [-0.4, -0.2) is 109 Å². The number of hydrogen-bond acceptors (Lipinski definition) is 14. The summed E-state index contributed by atoms with van der Waals surface area (Å²) in [4.78, 5) is 34.5. The van der Waals surface area contributed by atoms with Crippen molar-refractivity contribution in [3.05, 3.63) is 171 Å². The molecule has 1 spiro atoms. The van der Waals surface area contributed by atoms with Crippen LogP contribution in [0.1, 0.15) is 172 Å². The van der Waals surface area contributed by atoms with Crippen molar-refractivity contribution in [1.82, 2.24) is 15.6 Å². The minimum absolute atomic E-state index is 0.0416. The quantitative estimate of drug-likeness (QED) is 0.0403. The van der Waals surface area contributed by atoms with Gasteiger partial charge in [-0.1, -0.05) is 105 Å². The number of aromatic hydroxyl groups is 3. The number of ketones is 2. The lowest BCUT2D eigenvalue weighted by Crippen LogP contribution is -2.40. The van der Waals surface area contributed by atoms with Crippen LogP contribution in [-0.2, 0) is 35.3 Å². The summed E-state index contributed by atoms with van der Waals surface area (Å²) < 4.78 is 5.74. The van der Waals surface area contributed by atoms with Gasteiger partial charge in [-0.2, -0.15) is 0 Å². The molecule has 0 saturated heterocycles.